The van der Waals surface area contributed by atoms with E-state index in [9.17, 15) is 4.79 Å². The lowest BCUT2D eigenvalue weighted by Gasteiger charge is -2.37. The smallest absolute Gasteiger partial charge is 0.224 e. The van der Waals surface area contributed by atoms with Gasteiger partial charge < -0.3 is 11.1 Å². The minimum Gasteiger partial charge on any atom is -0.399 e. The van der Waals surface area contributed by atoms with Crippen LogP contribution in [0.3, 0.4) is 0 Å². The number of anilines is 1. The predicted octanol–water partition coefficient (Wildman–Crippen LogP) is 2.28. The third-order valence-electron chi connectivity index (χ3n) is 3.64. The minimum absolute atomic E-state index is 0.0193. The van der Waals surface area contributed by atoms with Crippen LogP contribution in [0.1, 0.15) is 25.8 Å². The third kappa shape index (κ3) is 2.55. The van der Waals surface area contributed by atoms with Gasteiger partial charge in [0.1, 0.15) is 0 Å². The normalized spacial score (nSPS) is 22.7. The number of carbonyl (C=O) groups is 1. The van der Waals surface area contributed by atoms with E-state index in [4.69, 9.17) is 5.73 Å². The molecule has 1 fully saturated rings. The van der Waals surface area contributed by atoms with Crippen LogP contribution >= 0.6 is 0 Å². The first-order chi connectivity index (χ1) is 8.38. The number of hydrogen-bond donors (Lipinski definition) is 2. The Bertz CT molecular complexity index is 474. The van der Waals surface area contributed by atoms with Crippen molar-refractivity contribution in [2.75, 3.05) is 5.73 Å². The SMILES string of the molecule is C=C1CC(Cc2ccc(N)cc2)C(=O)NC1(C)C. The highest BCUT2D eigenvalue weighted by Crippen LogP contribution is 2.29. The second-order valence-corrected chi connectivity index (χ2v) is 5.56. The van der Waals surface area contributed by atoms with Crippen molar-refractivity contribution in [1.82, 2.24) is 5.32 Å². The van der Waals surface area contributed by atoms with Crippen molar-refractivity contribution < 1.29 is 4.79 Å². The van der Waals surface area contributed by atoms with Crippen molar-refractivity contribution in [3.63, 3.8) is 0 Å². The number of nitrogens with one attached hydrogen (secondary N) is 1. The molecule has 1 amide bonds. The molecule has 1 aromatic rings. The topological polar surface area (TPSA) is 55.1 Å². The van der Waals surface area contributed by atoms with E-state index in [2.05, 4.69) is 11.9 Å². The maximum atomic E-state index is 12.0. The molecule has 3 N–H and O–H groups in total. The van der Waals surface area contributed by atoms with Crippen molar-refractivity contribution in [1.29, 1.82) is 0 Å². The fourth-order valence-electron chi connectivity index (χ4n) is 2.25. The lowest BCUT2D eigenvalue weighted by Crippen LogP contribution is -2.52. The van der Waals surface area contributed by atoms with Crippen LogP contribution in [0.5, 0.6) is 0 Å². The molecule has 3 nitrogen and oxygen atoms in total. The Morgan fingerprint density at radius 2 is 2.00 bits per heavy atom. The molecule has 0 aromatic heterocycles. The molecular weight excluding hydrogens is 224 g/mol. The maximum absolute atomic E-state index is 12.0. The van der Waals surface area contributed by atoms with Crippen molar-refractivity contribution in [2.45, 2.75) is 32.2 Å². The van der Waals surface area contributed by atoms with Crippen molar-refractivity contribution >= 4 is 11.6 Å². The van der Waals surface area contributed by atoms with Crippen LogP contribution < -0.4 is 11.1 Å². The second-order valence-electron chi connectivity index (χ2n) is 5.56. The van der Waals surface area contributed by atoms with Gasteiger partial charge in [-0.15, -0.1) is 0 Å². The molecule has 96 valence electrons. The Morgan fingerprint density at radius 3 is 2.61 bits per heavy atom. The quantitative estimate of drug-likeness (QED) is 0.619. The van der Waals surface area contributed by atoms with Gasteiger partial charge >= 0.3 is 0 Å². The van der Waals surface area contributed by atoms with E-state index in [1.165, 1.54) is 0 Å². The Morgan fingerprint density at radius 1 is 1.39 bits per heavy atom. The fourth-order valence-corrected chi connectivity index (χ4v) is 2.25. The predicted molar refractivity (Wildman–Crippen MR) is 74.0 cm³/mol. The standard InChI is InChI=1S/C15H20N2O/c1-10-8-12(14(18)17-15(10,2)3)9-11-4-6-13(16)7-5-11/h4-7,12H,1,8-9,16H2,2-3H3,(H,17,18). The van der Waals surface area contributed by atoms with Gasteiger partial charge in [-0.1, -0.05) is 24.3 Å². The van der Waals surface area contributed by atoms with Gasteiger partial charge in [0, 0.05) is 11.6 Å². The van der Waals surface area contributed by atoms with Gasteiger partial charge in [0.25, 0.3) is 0 Å². The maximum Gasteiger partial charge on any atom is 0.224 e. The number of carbonyl (C=O) groups excluding carboxylic acids is 1. The Kier molecular flexibility index (Phi) is 3.16. The van der Waals surface area contributed by atoms with Gasteiger partial charge in [-0.2, -0.15) is 0 Å². The molecule has 1 saturated heterocycles. The zero-order valence-electron chi connectivity index (χ0n) is 11.0. The molecule has 0 spiro atoms. The first kappa shape index (κ1) is 12.7. The number of amides is 1. The van der Waals surface area contributed by atoms with E-state index in [1.54, 1.807) is 0 Å². The van der Waals surface area contributed by atoms with E-state index >= 15 is 0 Å². The van der Waals surface area contributed by atoms with Crippen LogP contribution in [0.4, 0.5) is 5.69 Å². The first-order valence-corrected chi connectivity index (χ1v) is 6.23. The highest BCUT2D eigenvalue weighted by atomic mass is 16.2. The molecular formula is C15H20N2O. The van der Waals surface area contributed by atoms with Crippen LogP contribution in [-0.4, -0.2) is 11.4 Å². The summed E-state index contributed by atoms with van der Waals surface area (Å²) in [5, 5.41) is 3.02. The molecule has 1 aliphatic rings. The third-order valence-corrected chi connectivity index (χ3v) is 3.64. The molecule has 0 aliphatic carbocycles. The van der Waals surface area contributed by atoms with Gasteiger partial charge in [0.15, 0.2) is 0 Å². The molecule has 1 atom stereocenters. The summed E-state index contributed by atoms with van der Waals surface area (Å²) in [5.41, 5.74) is 8.34. The molecule has 1 heterocycles. The molecule has 3 heteroatoms. The molecule has 0 radical (unpaired) electrons. The molecule has 2 rings (SSSR count). The highest BCUT2D eigenvalue weighted by molar-refractivity contribution is 5.82. The Balaban J connectivity index is 2.09. The number of rotatable bonds is 2. The summed E-state index contributed by atoms with van der Waals surface area (Å²) in [5.74, 6) is 0.0957. The average molecular weight is 244 g/mol. The lowest BCUT2D eigenvalue weighted by atomic mass is 9.80. The second kappa shape index (κ2) is 4.48. The Hall–Kier alpha value is -1.77. The summed E-state index contributed by atoms with van der Waals surface area (Å²) >= 11 is 0. The first-order valence-electron chi connectivity index (χ1n) is 6.23. The fraction of sp³-hybridized carbons (Fsp3) is 0.400. The van der Waals surface area contributed by atoms with Crippen LogP contribution in [0.25, 0.3) is 0 Å². The number of hydrogen-bond acceptors (Lipinski definition) is 2. The van der Waals surface area contributed by atoms with E-state index in [1.807, 2.05) is 38.1 Å². The van der Waals surface area contributed by atoms with Crippen LogP contribution in [0, 0.1) is 5.92 Å². The minimum atomic E-state index is -0.283. The number of nitrogen functional groups attached to an aromatic ring is 1. The summed E-state index contributed by atoms with van der Waals surface area (Å²) in [7, 11) is 0. The Labute approximate surface area is 108 Å². The van der Waals surface area contributed by atoms with E-state index in [-0.39, 0.29) is 17.4 Å². The summed E-state index contributed by atoms with van der Waals surface area (Å²) in [6, 6.07) is 7.69. The zero-order valence-corrected chi connectivity index (χ0v) is 11.0. The monoisotopic (exact) mass is 244 g/mol. The van der Waals surface area contributed by atoms with Crippen LogP contribution in [0.2, 0.25) is 0 Å². The summed E-state index contributed by atoms with van der Waals surface area (Å²) < 4.78 is 0. The number of benzene rings is 1. The summed E-state index contributed by atoms with van der Waals surface area (Å²) in [4.78, 5) is 12.0. The van der Waals surface area contributed by atoms with Crippen molar-refractivity contribution in [3.05, 3.63) is 42.0 Å². The molecule has 18 heavy (non-hydrogen) atoms. The van der Waals surface area contributed by atoms with Crippen molar-refractivity contribution in [3.8, 4) is 0 Å². The largest absolute Gasteiger partial charge is 0.399 e. The lowest BCUT2D eigenvalue weighted by molar-refractivity contribution is -0.127. The zero-order chi connectivity index (χ0) is 13.3. The van der Waals surface area contributed by atoms with Gasteiger partial charge in [-0.05, 0) is 44.4 Å². The van der Waals surface area contributed by atoms with E-state index in [0.717, 1.165) is 29.7 Å². The number of piperidine rings is 1. The molecule has 1 aliphatic heterocycles. The van der Waals surface area contributed by atoms with E-state index < -0.39 is 0 Å². The highest BCUT2D eigenvalue weighted by Gasteiger charge is 2.35. The van der Waals surface area contributed by atoms with Gasteiger partial charge in [0.2, 0.25) is 5.91 Å². The molecule has 0 bridgehead atoms. The average Bonchev–Trinajstić information content (AvgIpc) is 2.28. The van der Waals surface area contributed by atoms with Crippen molar-refractivity contribution in [2.24, 2.45) is 5.92 Å². The van der Waals surface area contributed by atoms with E-state index in [0.29, 0.717) is 0 Å². The summed E-state index contributed by atoms with van der Waals surface area (Å²) in [6.45, 7) is 8.06. The van der Waals surface area contributed by atoms with Gasteiger partial charge in [-0.3, -0.25) is 4.79 Å². The number of nitrogens with two attached hydrogens (primary N) is 1. The van der Waals surface area contributed by atoms with Gasteiger partial charge in [0.05, 0.1) is 5.54 Å². The van der Waals surface area contributed by atoms with Crippen LogP contribution in [0.15, 0.2) is 36.4 Å². The molecule has 0 saturated carbocycles. The molecule has 1 aromatic carbocycles. The van der Waals surface area contributed by atoms with Gasteiger partial charge in [-0.25, -0.2) is 0 Å². The summed E-state index contributed by atoms with van der Waals surface area (Å²) in [6.07, 6.45) is 1.49. The molecule has 1 unspecified atom stereocenters. The van der Waals surface area contributed by atoms with Crippen LogP contribution in [-0.2, 0) is 11.2 Å².